The summed E-state index contributed by atoms with van der Waals surface area (Å²) in [6.07, 6.45) is 1.58. The van der Waals surface area contributed by atoms with E-state index in [0.29, 0.717) is 16.4 Å². The van der Waals surface area contributed by atoms with Gasteiger partial charge in [0.05, 0.1) is 16.5 Å². The average molecular weight is 287 g/mol. The van der Waals surface area contributed by atoms with E-state index in [4.69, 9.17) is 5.26 Å². The van der Waals surface area contributed by atoms with Gasteiger partial charge in [0, 0.05) is 7.05 Å². The minimum atomic E-state index is -0.343. The van der Waals surface area contributed by atoms with Crippen LogP contribution in [0.15, 0.2) is 35.7 Å². The van der Waals surface area contributed by atoms with Crippen LogP contribution in [-0.4, -0.2) is 25.9 Å². The van der Waals surface area contributed by atoms with Crippen LogP contribution in [0.4, 0.5) is 5.69 Å². The maximum atomic E-state index is 12.1. The number of nitrogens with one attached hydrogen (secondary N) is 1. The highest BCUT2D eigenvalue weighted by atomic mass is 32.2. The summed E-state index contributed by atoms with van der Waals surface area (Å²) in [5.74, 6) is -0.180. The maximum absolute atomic E-state index is 12.1. The minimum Gasteiger partial charge on any atom is -0.324 e. The first-order valence-electron chi connectivity index (χ1n) is 5.92. The number of aromatic nitrogens is 3. The number of carbonyl (C=O) groups is 1. The molecule has 0 bridgehead atoms. The molecular weight excluding hydrogens is 274 g/mol. The largest absolute Gasteiger partial charge is 0.324 e. The Hall–Kier alpha value is -2.33. The number of nitriles is 1. The Morgan fingerprint density at radius 3 is 2.90 bits per heavy atom. The van der Waals surface area contributed by atoms with E-state index in [2.05, 4.69) is 15.5 Å². The molecule has 0 spiro atoms. The van der Waals surface area contributed by atoms with Gasteiger partial charge in [-0.25, -0.2) is 0 Å². The predicted molar refractivity (Wildman–Crippen MR) is 76.1 cm³/mol. The van der Waals surface area contributed by atoms with E-state index < -0.39 is 0 Å². The van der Waals surface area contributed by atoms with E-state index in [1.807, 2.05) is 13.1 Å². The quantitative estimate of drug-likeness (QED) is 0.867. The smallest absolute Gasteiger partial charge is 0.237 e. The van der Waals surface area contributed by atoms with Gasteiger partial charge in [0.15, 0.2) is 5.16 Å². The molecule has 7 heteroatoms. The zero-order valence-electron chi connectivity index (χ0n) is 11.1. The summed E-state index contributed by atoms with van der Waals surface area (Å²) < 4.78 is 1.75. The minimum absolute atomic E-state index is 0.180. The van der Waals surface area contributed by atoms with Crippen molar-refractivity contribution in [2.24, 2.45) is 7.05 Å². The monoisotopic (exact) mass is 287 g/mol. The lowest BCUT2D eigenvalue weighted by Crippen LogP contribution is -2.23. The SMILES string of the molecule is CC(Sc1nncn1C)C(=O)Nc1ccccc1C#N. The number of nitrogens with zero attached hydrogens (tertiary/aromatic N) is 4. The molecule has 1 amide bonds. The van der Waals surface area contributed by atoms with Crippen molar-refractivity contribution in [3.8, 4) is 6.07 Å². The van der Waals surface area contributed by atoms with Gasteiger partial charge in [-0.1, -0.05) is 23.9 Å². The van der Waals surface area contributed by atoms with Crippen molar-refractivity contribution in [1.82, 2.24) is 14.8 Å². The van der Waals surface area contributed by atoms with Crippen LogP contribution in [0.2, 0.25) is 0 Å². The van der Waals surface area contributed by atoms with E-state index in [9.17, 15) is 4.79 Å². The molecule has 2 aromatic rings. The number of rotatable bonds is 4. The second-order valence-corrected chi connectivity index (χ2v) is 5.44. The van der Waals surface area contributed by atoms with E-state index in [0.717, 1.165) is 0 Å². The second-order valence-electron chi connectivity index (χ2n) is 4.13. The fourth-order valence-corrected chi connectivity index (χ4v) is 2.30. The lowest BCUT2D eigenvalue weighted by Gasteiger charge is -2.12. The molecule has 0 saturated heterocycles. The summed E-state index contributed by atoms with van der Waals surface area (Å²) in [5.41, 5.74) is 0.960. The third kappa shape index (κ3) is 3.16. The summed E-state index contributed by atoms with van der Waals surface area (Å²) in [4.78, 5) is 12.1. The Labute approximate surface area is 120 Å². The molecule has 102 valence electrons. The molecule has 1 aromatic carbocycles. The molecule has 20 heavy (non-hydrogen) atoms. The van der Waals surface area contributed by atoms with Crippen molar-refractivity contribution in [2.75, 3.05) is 5.32 Å². The molecule has 0 aliphatic rings. The van der Waals surface area contributed by atoms with Crippen molar-refractivity contribution in [2.45, 2.75) is 17.3 Å². The van der Waals surface area contributed by atoms with E-state index in [1.54, 1.807) is 42.1 Å². The highest BCUT2D eigenvalue weighted by molar-refractivity contribution is 8.00. The van der Waals surface area contributed by atoms with Gasteiger partial charge < -0.3 is 9.88 Å². The molecule has 6 nitrogen and oxygen atoms in total. The van der Waals surface area contributed by atoms with Gasteiger partial charge >= 0.3 is 0 Å². The lowest BCUT2D eigenvalue weighted by atomic mass is 10.2. The summed E-state index contributed by atoms with van der Waals surface area (Å²) >= 11 is 1.31. The van der Waals surface area contributed by atoms with Crippen molar-refractivity contribution >= 4 is 23.4 Å². The van der Waals surface area contributed by atoms with E-state index in [-0.39, 0.29) is 11.2 Å². The van der Waals surface area contributed by atoms with Crippen molar-refractivity contribution in [1.29, 1.82) is 5.26 Å². The van der Waals surface area contributed by atoms with E-state index >= 15 is 0 Å². The third-order valence-electron chi connectivity index (χ3n) is 2.63. The molecule has 0 radical (unpaired) electrons. The average Bonchev–Trinajstić information content (AvgIpc) is 2.84. The molecule has 1 atom stereocenters. The van der Waals surface area contributed by atoms with Gasteiger partial charge in [0.1, 0.15) is 12.4 Å². The molecule has 1 heterocycles. The number of hydrogen-bond acceptors (Lipinski definition) is 5. The zero-order chi connectivity index (χ0) is 14.5. The Morgan fingerprint density at radius 1 is 1.50 bits per heavy atom. The summed E-state index contributed by atoms with van der Waals surface area (Å²) in [6, 6.07) is 8.94. The van der Waals surface area contributed by atoms with Crippen LogP contribution in [0.3, 0.4) is 0 Å². The first-order valence-corrected chi connectivity index (χ1v) is 6.80. The molecule has 1 aromatic heterocycles. The standard InChI is InChI=1S/C13H13N5OS/c1-9(20-13-17-15-8-18(13)2)12(19)16-11-6-4-3-5-10(11)7-14/h3-6,8-9H,1-2H3,(H,16,19). The normalized spacial score (nSPS) is 11.7. The molecule has 0 aliphatic carbocycles. The van der Waals surface area contributed by atoms with Gasteiger partial charge in [0.2, 0.25) is 5.91 Å². The summed E-state index contributed by atoms with van der Waals surface area (Å²) in [6.45, 7) is 1.78. The van der Waals surface area contributed by atoms with Crippen LogP contribution < -0.4 is 5.32 Å². The van der Waals surface area contributed by atoms with Crippen molar-refractivity contribution < 1.29 is 4.79 Å². The molecule has 0 saturated carbocycles. The highest BCUT2D eigenvalue weighted by Crippen LogP contribution is 2.22. The van der Waals surface area contributed by atoms with Crippen LogP contribution >= 0.6 is 11.8 Å². The van der Waals surface area contributed by atoms with Crippen LogP contribution in [-0.2, 0) is 11.8 Å². The number of benzene rings is 1. The highest BCUT2D eigenvalue weighted by Gasteiger charge is 2.18. The number of carbonyl (C=O) groups excluding carboxylic acids is 1. The topological polar surface area (TPSA) is 83.6 Å². The van der Waals surface area contributed by atoms with Crippen LogP contribution in [0, 0.1) is 11.3 Å². The lowest BCUT2D eigenvalue weighted by molar-refractivity contribution is -0.115. The van der Waals surface area contributed by atoms with Gasteiger partial charge in [-0.2, -0.15) is 5.26 Å². The third-order valence-corrected chi connectivity index (χ3v) is 3.77. The number of amides is 1. The van der Waals surface area contributed by atoms with Gasteiger partial charge in [-0.05, 0) is 19.1 Å². The first kappa shape index (κ1) is 14.1. The van der Waals surface area contributed by atoms with Crippen LogP contribution in [0.5, 0.6) is 0 Å². The Kier molecular flexibility index (Phi) is 4.38. The number of aryl methyl sites for hydroxylation is 1. The molecule has 1 unspecified atom stereocenters. The van der Waals surface area contributed by atoms with Crippen molar-refractivity contribution in [3.05, 3.63) is 36.2 Å². The Balaban J connectivity index is 2.05. The number of para-hydroxylation sites is 1. The second kappa shape index (κ2) is 6.21. The van der Waals surface area contributed by atoms with Gasteiger partial charge in [-0.15, -0.1) is 10.2 Å². The molecule has 2 rings (SSSR count). The molecule has 1 N–H and O–H groups in total. The molecule has 0 fully saturated rings. The number of hydrogen-bond donors (Lipinski definition) is 1. The first-order chi connectivity index (χ1) is 9.61. The zero-order valence-corrected chi connectivity index (χ0v) is 11.9. The van der Waals surface area contributed by atoms with Crippen LogP contribution in [0.1, 0.15) is 12.5 Å². The van der Waals surface area contributed by atoms with Crippen LogP contribution in [0.25, 0.3) is 0 Å². The fourth-order valence-electron chi connectivity index (χ4n) is 1.51. The molecular formula is C13H13N5OS. The fraction of sp³-hybridized carbons (Fsp3) is 0.231. The van der Waals surface area contributed by atoms with Crippen molar-refractivity contribution in [3.63, 3.8) is 0 Å². The number of anilines is 1. The molecule has 0 aliphatic heterocycles. The van der Waals surface area contributed by atoms with E-state index in [1.165, 1.54) is 11.8 Å². The Bertz CT molecular complexity index is 661. The van der Waals surface area contributed by atoms with Gasteiger partial charge in [0.25, 0.3) is 0 Å². The Morgan fingerprint density at radius 2 is 2.25 bits per heavy atom. The maximum Gasteiger partial charge on any atom is 0.237 e. The predicted octanol–water partition coefficient (Wildman–Crippen LogP) is 1.81. The summed E-state index contributed by atoms with van der Waals surface area (Å²) in [7, 11) is 1.82. The summed E-state index contributed by atoms with van der Waals surface area (Å²) in [5, 5.41) is 19.7. The number of thioether (sulfide) groups is 1. The van der Waals surface area contributed by atoms with Gasteiger partial charge in [-0.3, -0.25) is 4.79 Å².